The molecule has 0 fully saturated rings. The predicted molar refractivity (Wildman–Crippen MR) is 68.6 cm³/mol. The number of ether oxygens (including phenoxy) is 2. The van der Waals surface area contributed by atoms with Gasteiger partial charge in [0.15, 0.2) is 11.5 Å². The fourth-order valence-electron chi connectivity index (χ4n) is 1.45. The maximum absolute atomic E-state index is 11.7. The Morgan fingerprint density at radius 3 is 2.63 bits per heavy atom. The van der Waals surface area contributed by atoms with Gasteiger partial charge in [-0.15, -0.1) is 0 Å². The average molecular weight is 263 g/mol. The van der Waals surface area contributed by atoms with E-state index >= 15 is 0 Å². The summed E-state index contributed by atoms with van der Waals surface area (Å²) in [6.45, 7) is 0. The molecular weight excluding hydrogens is 250 g/mol. The van der Waals surface area contributed by atoms with Crippen molar-refractivity contribution in [3.8, 4) is 11.5 Å². The normalized spacial score (nSPS) is 9.79. The number of amides is 2. The first kappa shape index (κ1) is 12.7. The molecule has 0 bridgehead atoms. The summed E-state index contributed by atoms with van der Waals surface area (Å²) in [4.78, 5) is 15.4. The molecule has 2 aromatic rings. The average Bonchev–Trinajstić information content (AvgIpc) is 2.91. The highest BCUT2D eigenvalue weighted by Gasteiger charge is 2.08. The second-order valence-corrected chi connectivity index (χ2v) is 3.48. The zero-order chi connectivity index (χ0) is 13.7. The number of carbonyl (C=O) groups is 1. The van der Waals surface area contributed by atoms with Gasteiger partial charge in [-0.05, 0) is 12.1 Å². The highest BCUT2D eigenvalue weighted by Crippen LogP contribution is 2.29. The first-order valence-corrected chi connectivity index (χ1v) is 5.38. The molecule has 0 saturated heterocycles. The zero-order valence-electron chi connectivity index (χ0n) is 10.4. The van der Waals surface area contributed by atoms with Crippen LogP contribution in [-0.4, -0.2) is 35.4 Å². The summed E-state index contributed by atoms with van der Waals surface area (Å²) in [5, 5.41) is 11.3. The smallest absolute Gasteiger partial charge is 0.326 e. The molecule has 3 N–H and O–H groups in total. The van der Waals surface area contributed by atoms with Crippen molar-refractivity contribution in [1.82, 2.24) is 15.2 Å². The van der Waals surface area contributed by atoms with Crippen LogP contribution in [0.5, 0.6) is 11.5 Å². The highest BCUT2D eigenvalue weighted by molar-refractivity contribution is 5.98. The molecule has 0 radical (unpaired) electrons. The van der Waals surface area contributed by atoms with Crippen molar-refractivity contribution >= 4 is 17.7 Å². The standard InChI is InChI=1S/C11H13N5O3/c1-18-8-4-3-7(5-9(8)19-2)14-11(17)15-10-12-6-13-16-10/h3-6H,1-2H3,(H3,12,13,14,15,16,17). The van der Waals surface area contributed by atoms with Crippen molar-refractivity contribution in [3.63, 3.8) is 0 Å². The minimum Gasteiger partial charge on any atom is -0.493 e. The first-order valence-electron chi connectivity index (χ1n) is 5.38. The lowest BCUT2D eigenvalue weighted by Gasteiger charge is -2.10. The minimum atomic E-state index is -0.441. The van der Waals surface area contributed by atoms with Gasteiger partial charge in [-0.25, -0.2) is 9.89 Å². The molecule has 8 nitrogen and oxygen atoms in total. The lowest BCUT2D eigenvalue weighted by molar-refractivity contribution is 0.262. The van der Waals surface area contributed by atoms with E-state index in [1.165, 1.54) is 13.4 Å². The molecule has 0 unspecified atom stereocenters. The van der Waals surface area contributed by atoms with Crippen molar-refractivity contribution in [2.45, 2.75) is 0 Å². The van der Waals surface area contributed by atoms with Crippen molar-refractivity contribution in [1.29, 1.82) is 0 Å². The summed E-state index contributed by atoms with van der Waals surface area (Å²) in [7, 11) is 3.07. The topological polar surface area (TPSA) is 101 Å². The van der Waals surface area contributed by atoms with Gasteiger partial charge in [0, 0.05) is 11.8 Å². The Labute approximate surface area is 109 Å². The molecule has 0 aliphatic heterocycles. The fourth-order valence-corrected chi connectivity index (χ4v) is 1.45. The Morgan fingerprint density at radius 2 is 2.00 bits per heavy atom. The van der Waals surface area contributed by atoms with Crippen LogP contribution >= 0.6 is 0 Å². The van der Waals surface area contributed by atoms with Gasteiger partial charge in [0.1, 0.15) is 6.33 Å². The Morgan fingerprint density at radius 1 is 1.21 bits per heavy atom. The third-order valence-corrected chi connectivity index (χ3v) is 2.29. The quantitative estimate of drug-likeness (QED) is 0.775. The van der Waals surface area contributed by atoms with Gasteiger partial charge in [-0.3, -0.25) is 5.32 Å². The van der Waals surface area contributed by atoms with Crippen LogP contribution in [0, 0.1) is 0 Å². The van der Waals surface area contributed by atoms with Crippen LogP contribution in [0.15, 0.2) is 24.5 Å². The van der Waals surface area contributed by atoms with E-state index in [0.717, 1.165) is 0 Å². The predicted octanol–water partition coefficient (Wildman–Crippen LogP) is 1.47. The van der Waals surface area contributed by atoms with E-state index in [0.29, 0.717) is 17.2 Å². The van der Waals surface area contributed by atoms with E-state index in [4.69, 9.17) is 9.47 Å². The third kappa shape index (κ3) is 3.12. The summed E-state index contributed by atoms with van der Waals surface area (Å²) in [6, 6.07) is 4.60. The van der Waals surface area contributed by atoms with Crippen molar-refractivity contribution in [2.75, 3.05) is 24.9 Å². The number of aromatic amines is 1. The second kappa shape index (κ2) is 5.71. The number of methoxy groups -OCH3 is 2. The fraction of sp³-hybridized carbons (Fsp3) is 0.182. The molecule has 2 amide bonds. The second-order valence-electron chi connectivity index (χ2n) is 3.48. The van der Waals surface area contributed by atoms with E-state index in [-0.39, 0.29) is 5.95 Å². The van der Waals surface area contributed by atoms with Gasteiger partial charge >= 0.3 is 6.03 Å². The molecule has 8 heteroatoms. The molecule has 1 aromatic carbocycles. The molecule has 0 saturated carbocycles. The number of H-pyrrole nitrogens is 1. The highest BCUT2D eigenvalue weighted by atomic mass is 16.5. The molecule has 1 heterocycles. The summed E-state index contributed by atoms with van der Waals surface area (Å²) in [5.74, 6) is 1.38. The number of rotatable bonds is 4. The maximum atomic E-state index is 11.7. The van der Waals surface area contributed by atoms with Crippen LogP contribution in [-0.2, 0) is 0 Å². The first-order chi connectivity index (χ1) is 9.22. The van der Waals surface area contributed by atoms with E-state index < -0.39 is 6.03 Å². The van der Waals surface area contributed by atoms with E-state index in [1.807, 2.05) is 0 Å². The Kier molecular flexibility index (Phi) is 3.81. The van der Waals surface area contributed by atoms with E-state index in [9.17, 15) is 4.79 Å². The van der Waals surface area contributed by atoms with Crippen molar-refractivity contribution in [2.24, 2.45) is 0 Å². The van der Waals surface area contributed by atoms with Gasteiger partial charge in [-0.1, -0.05) is 0 Å². The molecule has 0 spiro atoms. The summed E-state index contributed by atoms with van der Waals surface area (Å²) < 4.78 is 10.2. The summed E-state index contributed by atoms with van der Waals surface area (Å²) in [5.41, 5.74) is 0.565. The monoisotopic (exact) mass is 263 g/mol. The SMILES string of the molecule is COc1ccc(NC(=O)Nc2ncn[nH]2)cc1OC. The van der Waals surface area contributed by atoms with Gasteiger partial charge in [0.25, 0.3) is 0 Å². The van der Waals surface area contributed by atoms with E-state index in [2.05, 4.69) is 25.8 Å². The number of carbonyl (C=O) groups excluding carboxylic acids is 1. The van der Waals surface area contributed by atoms with Crippen molar-refractivity contribution < 1.29 is 14.3 Å². The van der Waals surface area contributed by atoms with Crippen LogP contribution < -0.4 is 20.1 Å². The number of nitrogens with zero attached hydrogens (tertiary/aromatic N) is 2. The zero-order valence-corrected chi connectivity index (χ0v) is 10.4. The molecule has 19 heavy (non-hydrogen) atoms. The number of aromatic nitrogens is 3. The largest absolute Gasteiger partial charge is 0.493 e. The number of anilines is 2. The van der Waals surface area contributed by atoms with Crippen LogP contribution in [0.25, 0.3) is 0 Å². The van der Waals surface area contributed by atoms with Gasteiger partial charge in [-0.2, -0.15) is 10.1 Å². The molecular formula is C11H13N5O3. The summed E-state index contributed by atoms with van der Waals surface area (Å²) in [6.07, 6.45) is 1.30. The maximum Gasteiger partial charge on any atom is 0.326 e. The Balaban J connectivity index is 2.04. The van der Waals surface area contributed by atoms with Crippen LogP contribution in [0.4, 0.5) is 16.4 Å². The molecule has 100 valence electrons. The third-order valence-electron chi connectivity index (χ3n) is 2.29. The molecule has 0 atom stereocenters. The number of urea groups is 1. The van der Waals surface area contributed by atoms with Crippen LogP contribution in [0.3, 0.4) is 0 Å². The van der Waals surface area contributed by atoms with Crippen LogP contribution in [0.2, 0.25) is 0 Å². The summed E-state index contributed by atoms with van der Waals surface area (Å²) >= 11 is 0. The van der Waals surface area contributed by atoms with E-state index in [1.54, 1.807) is 25.3 Å². The molecule has 1 aromatic heterocycles. The number of benzene rings is 1. The number of hydrogen-bond acceptors (Lipinski definition) is 5. The lowest BCUT2D eigenvalue weighted by Crippen LogP contribution is -2.20. The number of hydrogen-bond donors (Lipinski definition) is 3. The molecule has 2 rings (SSSR count). The number of nitrogens with one attached hydrogen (secondary N) is 3. The van der Waals surface area contributed by atoms with Gasteiger partial charge in [0.05, 0.1) is 14.2 Å². The Bertz CT molecular complexity index is 555. The van der Waals surface area contributed by atoms with Gasteiger partial charge < -0.3 is 14.8 Å². The van der Waals surface area contributed by atoms with Gasteiger partial charge in [0.2, 0.25) is 5.95 Å². The minimum absolute atomic E-state index is 0.262. The van der Waals surface area contributed by atoms with Crippen LogP contribution in [0.1, 0.15) is 0 Å². The van der Waals surface area contributed by atoms with Crippen molar-refractivity contribution in [3.05, 3.63) is 24.5 Å². The molecule has 0 aliphatic carbocycles. The molecule has 0 aliphatic rings. The Hall–Kier alpha value is -2.77. The lowest BCUT2D eigenvalue weighted by atomic mass is 10.3.